The largest absolute Gasteiger partial charge is 0.387 e. The second kappa shape index (κ2) is 7.37. The summed E-state index contributed by atoms with van der Waals surface area (Å²) in [4.78, 5) is 24.0. The Hall–Kier alpha value is -2.19. The summed E-state index contributed by atoms with van der Waals surface area (Å²) in [6.07, 6.45) is 1.16. The van der Waals surface area contributed by atoms with Crippen LogP contribution in [-0.2, 0) is 9.53 Å². The quantitative estimate of drug-likeness (QED) is 0.637. The second-order valence-electron chi connectivity index (χ2n) is 5.38. The highest BCUT2D eigenvalue weighted by molar-refractivity contribution is 7.98. The summed E-state index contributed by atoms with van der Waals surface area (Å²) in [7, 11) is 0. The van der Waals surface area contributed by atoms with Gasteiger partial charge >= 0.3 is 5.91 Å². The Morgan fingerprint density at radius 2 is 2.20 bits per heavy atom. The van der Waals surface area contributed by atoms with Gasteiger partial charge in [0.2, 0.25) is 0 Å². The molecule has 0 aliphatic carbocycles. The summed E-state index contributed by atoms with van der Waals surface area (Å²) in [5.74, 6) is 5.11. The van der Waals surface area contributed by atoms with E-state index < -0.39 is 30.4 Å². The van der Waals surface area contributed by atoms with E-state index in [1.165, 1.54) is 29.0 Å². The Kier molecular flexibility index (Phi) is 5.19. The van der Waals surface area contributed by atoms with Crippen LogP contribution < -0.4 is 5.32 Å². The van der Waals surface area contributed by atoms with E-state index in [0.717, 1.165) is 0 Å². The third-order valence-electron chi connectivity index (χ3n) is 3.77. The Labute approximate surface area is 147 Å². The molecule has 1 unspecified atom stereocenters. The molecule has 1 fully saturated rings. The molecule has 132 valence electrons. The van der Waals surface area contributed by atoms with Gasteiger partial charge in [0, 0.05) is 5.75 Å². The lowest BCUT2D eigenvalue weighted by Crippen LogP contribution is -2.32. The summed E-state index contributed by atoms with van der Waals surface area (Å²) < 4.78 is 7.29. The summed E-state index contributed by atoms with van der Waals surface area (Å²) in [6, 6.07) is 0. The molecule has 3 heterocycles. The number of anilines is 1. The first-order chi connectivity index (χ1) is 12.1. The smallest absolute Gasteiger partial charge is 0.301 e. The van der Waals surface area contributed by atoms with E-state index in [0.29, 0.717) is 16.9 Å². The van der Waals surface area contributed by atoms with Crippen molar-refractivity contribution in [1.82, 2.24) is 19.5 Å². The van der Waals surface area contributed by atoms with Gasteiger partial charge in [0.15, 0.2) is 23.2 Å². The van der Waals surface area contributed by atoms with Crippen molar-refractivity contribution in [3.05, 3.63) is 12.7 Å². The zero-order valence-corrected chi connectivity index (χ0v) is 14.4. The first-order valence-electron chi connectivity index (χ1n) is 7.48. The summed E-state index contributed by atoms with van der Waals surface area (Å²) in [5, 5.41) is 23.0. The van der Waals surface area contributed by atoms with Crippen LogP contribution in [0.2, 0.25) is 0 Å². The number of nitrogens with one attached hydrogen (secondary N) is 1. The molecule has 1 aliphatic heterocycles. The number of ether oxygens (including phenoxy) is 1. The van der Waals surface area contributed by atoms with Gasteiger partial charge in [0.25, 0.3) is 0 Å². The minimum absolute atomic E-state index is 0.213. The van der Waals surface area contributed by atoms with Gasteiger partial charge < -0.3 is 14.9 Å². The highest BCUT2D eigenvalue weighted by Crippen LogP contribution is 2.33. The number of thioether (sulfide) groups is 1. The van der Waals surface area contributed by atoms with E-state index in [1.54, 1.807) is 6.92 Å². The zero-order valence-electron chi connectivity index (χ0n) is 13.6. The van der Waals surface area contributed by atoms with Crippen molar-refractivity contribution in [3.8, 4) is 11.8 Å². The lowest BCUT2D eigenvalue weighted by Gasteiger charge is -2.16. The average molecular weight is 363 g/mol. The molecule has 2 aromatic rings. The number of rotatable bonds is 4. The van der Waals surface area contributed by atoms with Gasteiger partial charge in [-0.3, -0.25) is 14.7 Å². The molecule has 10 heteroatoms. The van der Waals surface area contributed by atoms with Crippen LogP contribution in [0.25, 0.3) is 11.2 Å². The molecule has 9 nitrogen and oxygen atoms in total. The number of hydrogen-bond donors (Lipinski definition) is 3. The Morgan fingerprint density at radius 1 is 1.40 bits per heavy atom. The number of nitrogens with zero attached hydrogens (tertiary/aromatic N) is 4. The molecule has 2 aromatic heterocycles. The molecule has 3 N–H and O–H groups in total. The van der Waals surface area contributed by atoms with Crippen molar-refractivity contribution >= 4 is 34.7 Å². The molecule has 0 aromatic carbocycles. The van der Waals surface area contributed by atoms with Crippen molar-refractivity contribution in [1.29, 1.82) is 0 Å². The SMILES string of the molecule is CC#CC(=O)Nc1ncnc2c1ncn2C1O[C@H](CSC)[C@@H](O)[C@H]1O. The fourth-order valence-corrected chi connectivity index (χ4v) is 3.25. The van der Waals surface area contributed by atoms with Crippen LogP contribution >= 0.6 is 11.8 Å². The number of aliphatic hydroxyl groups excluding tert-OH is 2. The van der Waals surface area contributed by atoms with Crippen molar-refractivity contribution in [2.45, 2.75) is 31.5 Å². The molecule has 4 atom stereocenters. The number of aromatic nitrogens is 4. The number of aliphatic hydroxyl groups is 2. The van der Waals surface area contributed by atoms with Crippen LogP contribution in [0.4, 0.5) is 5.82 Å². The average Bonchev–Trinajstić information content (AvgIpc) is 3.13. The first kappa shape index (κ1) is 17.6. The Morgan fingerprint density at radius 3 is 2.92 bits per heavy atom. The van der Waals surface area contributed by atoms with E-state index in [2.05, 4.69) is 32.1 Å². The molecule has 3 rings (SSSR count). The number of imidazole rings is 1. The number of fused-ring (bicyclic) bond motifs is 1. The monoisotopic (exact) mass is 363 g/mol. The van der Waals surface area contributed by atoms with Crippen LogP contribution in [0.3, 0.4) is 0 Å². The van der Waals surface area contributed by atoms with Crippen LogP contribution in [-0.4, -0.2) is 66.0 Å². The highest BCUT2D eigenvalue weighted by atomic mass is 32.2. The van der Waals surface area contributed by atoms with E-state index in [4.69, 9.17) is 4.74 Å². The van der Waals surface area contributed by atoms with Gasteiger partial charge in [0.05, 0.1) is 12.4 Å². The number of carbonyl (C=O) groups excluding carboxylic acids is 1. The molecule has 1 saturated heterocycles. The minimum atomic E-state index is -1.12. The Balaban J connectivity index is 1.93. The molecular weight excluding hydrogens is 346 g/mol. The first-order valence-corrected chi connectivity index (χ1v) is 8.88. The predicted octanol–water partition coefficient (Wildman–Crippen LogP) is -0.230. The standard InChI is InChI=1S/C15H17N5O4S/c1-3-4-9(21)19-13-10-14(17-6-16-13)20(7-18-10)15-12(23)11(22)8(24-15)5-25-2/h6-8,11-12,15,22-23H,5H2,1-2H3,(H,16,17,19,21)/t8-,11-,12-,15?/m1/s1. The minimum Gasteiger partial charge on any atom is -0.387 e. The number of carbonyl (C=O) groups is 1. The van der Waals surface area contributed by atoms with E-state index >= 15 is 0 Å². The van der Waals surface area contributed by atoms with Crippen LogP contribution in [0, 0.1) is 11.8 Å². The lowest BCUT2D eigenvalue weighted by molar-refractivity contribution is -0.111. The van der Waals surface area contributed by atoms with Crippen LogP contribution in [0.5, 0.6) is 0 Å². The van der Waals surface area contributed by atoms with Gasteiger partial charge in [0.1, 0.15) is 18.5 Å². The molecule has 0 bridgehead atoms. The van der Waals surface area contributed by atoms with Crippen LogP contribution in [0.15, 0.2) is 12.7 Å². The van der Waals surface area contributed by atoms with E-state index in [-0.39, 0.29) is 5.82 Å². The van der Waals surface area contributed by atoms with Crippen molar-refractivity contribution in [2.75, 3.05) is 17.3 Å². The van der Waals surface area contributed by atoms with E-state index in [9.17, 15) is 15.0 Å². The molecular formula is C15H17N5O4S. The summed E-state index contributed by atoms with van der Waals surface area (Å²) in [6.45, 7) is 1.55. The molecule has 1 aliphatic rings. The molecule has 0 radical (unpaired) electrons. The number of amides is 1. The van der Waals surface area contributed by atoms with Gasteiger partial charge in [-0.25, -0.2) is 15.0 Å². The predicted molar refractivity (Wildman–Crippen MR) is 91.7 cm³/mol. The van der Waals surface area contributed by atoms with Gasteiger partial charge in [-0.2, -0.15) is 11.8 Å². The molecule has 0 saturated carbocycles. The van der Waals surface area contributed by atoms with Gasteiger partial charge in [-0.05, 0) is 19.1 Å². The topological polar surface area (TPSA) is 122 Å². The summed E-state index contributed by atoms with van der Waals surface area (Å²) >= 11 is 1.51. The Bertz CT molecular complexity index is 845. The van der Waals surface area contributed by atoms with Crippen molar-refractivity contribution in [3.63, 3.8) is 0 Å². The van der Waals surface area contributed by atoms with Gasteiger partial charge in [-0.1, -0.05) is 5.92 Å². The maximum absolute atomic E-state index is 11.6. The highest BCUT2D eigenvalue weighted by Gasteiger charge is 2.44. The van der Waals surface area contributed by atoms with Crippen molar-refractivity contribution in [2.24, 2.45) is 0 Å². The molecule has 1 amide bonds. The zero-order chi connectivity index (χ0) is 18.0. The van der Waals surface area contributed by atoms with Crippen LogP contribution in [0.1, 0.15) is 13.2 Å². The molecule has 0 spiro atoms. The third kappa shape index (κ3) is 3.32. The molecule has 25 heavy (non-hydrogen) atoms. The third-order valence-corrected chi connectivity index (χ3v) is 4.43. The van der Waals surface area contributed by atoms with Crippen molar-refractivity contribution < 1.29 is 19.7 Å². The number of hydrogen-bond acceptors (Lipinski definition) is 8. The maximum atomic E-state index is 11.6. The normalized spacial score (nSPS) is 25.6. The maximum Gasteiger partial charge on any atom is 0.301 e. The fraction of sp³-hybridized carbons (Fsp3) is 0.467. The van der Waals surface area contributed by atoms with E-state index in [1.807, 2.05) is 6.26 Å². The fourth-order valence-electron chi connectivity index (χ4n) is 2.64. The summed E-state index contributed by atoms with van der Waals surface area (Å²) in [5.41, 5.74) is 0.711. The second-order valence-corrected chi connectivity index (χ2v) is 6.29. The van der Waals surface area contributed by atoms with Gasteiger partial charge in [-0.15, -0.1) is 0 Å². The lowest BCUT2D eigenvalue weighted by atomic mass is 10.1.